The molecule has 3 aliphatic carbocycles. The number of fused-ring (bicyclic) bond motifs is 5. The van der Waals surface area contributed by atoms with Gasteiger partial charge < -0.3 is 14.6 Å². The van der Waals surface area contributed by atoms with E-state index >= 15 is 0 Å². The number of aryl methyl sites for hydroxylation is 2. The van der Waals surface area contributed by atoms with Crippen molar-refractivity contribution in [3.05, 3.63) is 60.4 Å². The summed E-state index contributed by atoms with van der Waals surface area (Å²) in [5.41, 5.74) is 2.26. The number of anilines is 1. The topological polar surface area (TPSA) is 134 Å². The number of nitrogens with zero attached hydrogens (tertiary/aromatic N) is 6. The molecule has 1 N–H and O–H groups in total. The number of methoxy groups -OCH3 is 1. The highest BCUT2D eigenvalue weighted by Gasteiger charge is 2.48. The molecule has 0 aliphatic heterocycles. The lowest BCUT2D eigenvalue weighted by molar-refractivity contribution is -0.152. The molecule has 43 heavy (non-hydrogen) atoms. The number of ether oxygens (including phenoxy) is 1. The summed E-state index contributed by atoms with van der Waals surface area (Å²) in [4.78, 5) is 31.2. The van der Waals surface area contributed by atoms with Gasteiger partial charge in [0.25, 0.3) is 10.0 Å². The van der Waals surface area contributed by atoms with Gasteiger partial charge in [-0.2, -0.15) is 0 Å². The number of halogens is 1. The average Bonchev–Trinajstić information content (AvgIpc) is 3.58. The van der Waals surface area contributed by atoms with Crippen LogP contribution in [0.25, 0.3) is 33.6 Å². The Labute approximate surface area is 247 Å². The van der Waals surface area contributed by atoms with Crippen LogP contribution in [0, 0.1) is 30.5 Å². The zero-order valence-electron chi connectivity index (χ0n) is 23.9. The third-order valence-electron chi connectivity index (χ3n) is 8.95. The summed E-state index contributed by atoms with van der Waals surface area (Å²) in [7, 11) is -0.884. The highest BCUT2D eigenvalue weighted by Crippen LogP contribution is 2.47. The van der Waals surface area contributed by atoms with Crippen LogP contribution in [0.3, 0.4) is 0 Å². The number of imidazole rings is 1. The SMILES string of the molecule is COC(=O)C1C2CCC(CC2)C1Nc1nc(-c2cn(S(=O)(=O)c3ccc(C)cc3)c3ncc(F)cc23)nc2c1ncn2C. The summed E-state index contributed by atoms with van der Waals surface area (Å²) in [6, 6.07) is 7.49. The predicted octanol–water partition coefficient (Wildman–Crippen LogP) is 4.45. The van der Waals surface area contributed by atoms with Crippen molar-refractivity contribution in [2.45, 2.75) is 43.5 Å². The number of carbonyl (C=O) groups is 1. The van der Waals surface area contributed by atoms with Crippen LogP contribution in [0.4, 0.5) is 10.2 Å². The van der Waals surface area contributed by atoms with Crippen molar-refractivity contribution in [3.63, 3.8) is 0 Å². The number of carbonyl (C=O) groups excluding carboxylic acids is 1. The van der Waals surface area contributed by atoms with Crippen LogP contribution >= 0.6 is 0 Å². The fourth-order valence-corrected chi connectivity index (χ4v) is 8.08. The predicted molar refractivity (Wildman–Crippen MR) is 157 cm³/mol. The second-order valence-electron chi connectivity index (χ2n) is 11.5. The fraction of sp³-hybridized carbons (Fsp3) is 0.367. The molecule has 0 saturated heterocycles. The smallest absolute Gasteiger partial charge is 0.311 e. The quantitative estimate of drug-likeness (QED) is 0.279. The zero-order chi connectivity index (χ0) is 30.0. The van der Waals surface area contributed by atoms with Crippen molar-refractivity contribution in [2.24, 2.45) is 24.8 Å². The Balaban J connectivity index is 1.39. The number of benzene rings is 1. The standard InChI is InChI=1S/C30H30FN7O4S/c1-16-4-10-20(11-5-16)43(40,41)38-14-22(21-12-19(31)13-32-28(21)38)26-35-27(25-29(36-26)37(2)15-33-25)34-24-18-8-6-17(7-9-18)23(24)30(39)42-3/h4-5,10-15,17-18,23-24H,6-9H2,1-3H3,(H,34,35,36). The Kier molecular flexibility index (Phi) is 6.45. The van der Waals surface area contributed by atoms with E-state index in [0.29, 0.717) is 22.5 Å². The van der Waals surface area contributed by atoms with Crippen molar-refractivity contribution in [1.82, 2.24) is 28.5 Å². The van der Waals surface area contributed by atoms with E-state index in [1.807, 2.05) is 6.92 Å². The van der Waals surface area contributed by atoms with Gasteiger partial charge >= 0.3 is 5.97 Å². The van der Waals surface area contributed by atoms with Gasteiger partial charge in [0, 0.05) is 30.2 Å². The van der Waals surface area contributed by atoms with Crippen LogP contribution in [-0.4, -0.2) is 56.0 Å². The van der Waals surface area contributed by atoms with Crippen molar-refractivity contribution >= 4 is 44.0 Å². The first-order chi connectivity index (χ1) is 20.7. The third-order valence-corrected chi connectivity index (χ3v) is 10.6. The Morgan fingerprint density at radius 2 is 1.77 bits per heavy atom. The highest BCUT2D eigenvalue weighted by molar-refractivity contribution is 7.90. The maximum absolute atomic E-state index is 14.6. The molecule has 11 nitrogen and oxygen atoms in total. The number of esters is 1. The minimum atomic E-state index is -4.09. The van der Waals surface area contributed by atoms with E-state index < -0.39 is 15.8 Å². The van der Waals surface area contributed by atoms with Gasteiger partial charge in [-0.1, -0.05) is 17.7 Å². The molecule has 0 amide bonds. The molecule has 8 rings (SSSR count). The molecule has 3 saturated carbocycles. The van der Waals surface area contributed by atoms with Gasteiger partial charge in [0.2, 0.25) is 0 Å². The average molecular weight is 604 g/mol. The van der Waals surface area contributed by atoms with Crippen LogP contribution in [0.2, 0.25) is 0 Å². The molecule has 4 heterocycles. The van der Waals surface area contributed by atoms with E-state index in [1.165, 1.54) is 31.5 Å². The summed E-state index contributed by atoms with van der Waals surface area (Å²) >= 11 is 0. The minimum absolute atomic E-state index is 0.0514. The lowest BCUT2D eigenvalue weighted by Crippen LogP contribution is -2.51. The minimum Gasteiger partial charge on any atom is -0.469 e. The van der Waals surface area contributed by atoms with E-state index in [9.17, 15) is 17.6 Å². The van der Waals surface area contributed by atoms with Crippen LogP contribution in [0.1, 0.15) is 31.2 Å². The highest BCUT2D eigenvalue weighted by atomic mass is 32.2. The van der Waals surface area contributed by atoms with Crippen LogP contribution < -0.4 is 5.32 Å². The molecule has 2 unspecified atom stereocenters. The Hall–Kier alpha value is -4.39. The molecule has 0 spiro atoms. The van der Waals surface area contributed by atoms with Gasteiger partial charge in [-0.15, -0.1) is 0 Å². The Morgan fingerprint density at radius 3 is 2.49 bits per heavy atom. The van der Waals surface area contributed by atoms with Gasteiger partial charge in [-0.25, -0.2) is 36.7 Å². The fourth-order valence-electron chi connectivity index (χ4n) is 6.76. The Morgan fingerprint density at radius 1 is 1.05 bits per heavy atom. The number of rotatable bonds is 6. The van der Waals surface area contributed by atoms with Crippen LogP contribution in [-0.2, 0) is 26.6 Å². The second kappa shape index (κ2) is 10.1. The summed E-state index contributed by atoms with van der Waals surface area (Å²) in [6.45, 7) is 1.87. The van der Waals surface area contributed by atoms with Gasteiger partial charge in [-0.05, 0) is 62.6 Å². The van der Waals surface area contributed by atoms with E-state index in [2.05, 4.69) is 15.3 Å². The van der Waals surface area contributed by atoms with Gasteiger partial charge in [-0.3, -0.25) is 4.79 Å². The van der Waals surface area contributed by atoms with Crippen molar-refractivity contribution in [3.8, 4) is 11.4 Å². The first-order valence-electron chi connectivity index (χ1n) is 14.2. The maximum atomic E-state index is 14.6. The van der Waals surface area contributed by atoms with E-state index in [1.54, 1.807) is 30.1 Å². The number of hydrogen-bond donors (Lipinski definition) is 1. The molecular formula is C30H30FN7O4S. The largest absolute Gasteiger partial charge is 0.469 e. The normalized spacial score (nSPS) is 21.9. The molecule has 5 aromatic rings. The lowest BCUT2D eigenvalue weighted by Gasteiger charge is -2.47. The first-order valence-corrected chi connectivity index (χ1v) is 15.6. The van der Waals surface area contributed by atoms with E-state index in [-0.39, 0.29) is 51.5 Å². The molecule has 3 fully saturated rings. The maximum Gasteiger partial charge on any atom is 0.311 e. The van der Waals surface area contributed by atoms with Gasteiger partial charge in [0.15, 0.2) is 22.9 Å². The molecule has 4 aromatic heterocycles. The van der Waals surface area contributed by atoms with Crippen LogP contribution in [0.15, 0.2) is 53.9 Å². The van der Waals surface area contributed by atoms with Gasteiger partial charge in [0.05, 0.1) is 30.4 Å². The van der Waals surface area contributed by atoms with E-state index in [4.69, 9.17) is 14.7 Å². The molecule has 0 radical (unpaired) electrons. The number of aromatic nitrogens is 6. The monoisotopic (exact) mass is 603 g/mol. The van der Waals surface area contributed by atoms with Crippen LogP contribution in [0.5, 0.6) is 0 Å². The summed E-state index contributed by atoms with van der Waals surface area (Å²) in [5, 5.41) is 3.77. The summed E-state index contributed by atoms with van der Waals surface area (Å²) in [6.07, 6.45) is 7.92. The van der Waals surface area contributed by atoms with Crippen molar-refractivity contribution in [1.29, 1.82) is 0 Å². The number of hydrogen-bond acceptors (Lipinski definition) is 9. The van der Waals surface area contributed by atoms with Gasteiger partial charge in [0.1, 0.15) is 11.3 Å². The van der Waals surface area contributed by atoms with Crippen molar-refractivity contribution < 1.29 is 22.3 Å². The summed E-state index contributed by atoms with van der Waals surface area (Å²) < 4.78 is 50.1. The molecule has 1 aromatic carbocycles. The lowest BCUT2D eigenvalue weighted by atomic mass is 9.61. The molecule has 3 aliphatic rings. The zero-order valence-corrected chi connectivity index (χ0v) is 24.7. The summed E-state index contributed by atoms with van der Waals surface area (Å²) in [5.74, 6) is -0.138. The number of pyridine rings is 1. The molecule has 13 heteroatoms. The third kappa shape index (κ3) is 4.44. The second-order valence-corrected chi connectivity index (χ2v) is 13.3. The first kappa shape index (κ1) is 27.4. The molecule has 222 valence electrons. The number of nitrogens with one attached hydrogen (secondary N) is 1. The van der Waals surface area contributed by atoms with Crippen molar-refractivity contribution in [2.75, 3.05) is 12.4 Å². The Bertz CT molecular complexity index is 2000. The molecule has 2 atom stereocenters. The molecule has 2 bridgehead atoms. The van der Waals surface area contributed by atoms with E-state index in [0.717, 1.165) is 41.4 Å². The molecular weight excluding hydrogens is 573 g/mol.